The minimum Gasteiger partial charge on any atom is -0.354 e. The summed E-state index contributed by atoms with van der Waals surface area (Å²) in [7, 11) is 0. The van der Waals surface area contributed by atoms with Crippen molar-refractivity contribution in [3.63, 3.8) is 0 Å². The number of nitrogens with zero attached hydrogens (tertiary/aromatic N) is 4. The molecule has 31 heavy (non-hydrogen) atoms. The Labute approximate surface area is 188 Å². The van der Waals surface area contributed by atoms with Gasteiger partial charge in [0, 0.05) is 29.8 Å². The highest BCUT2D eigenvalue weighted by molar-refractivity contribution is 7.98. The maximum atomic E-state index is 13.1. The molecule has 0 saturated carbocycles. The van der Waals surface area contributed by atoms with E-state index < -0.39 is 0 Å². The van der Waals surface area contributed by atoms with E-state index >= 15 is 0 Å². The molecule has 2 aromatic carbocycles. The van der Waals surface area contributed by atoms with Crippen LogP contribution in [-0.4, -0.2) is 31.1 Å². The quantitative estimate of drug-likeness (QED) is 0.427. The molecule has 0 aliphatic rings. The Bertz CT molecular complexity index is 1310. The van der Waals surface area contributed by atoms with Crippen LogP contribution in [0.15, 0.2) is 58.5 Å². The van der Waals surface area contributed by atoms with Gasteiger partial charge in [-0.25, -0.2) is 0 Å². The molecule has 7 nitrogen and oxygen atoms in total. The molecule has 1 N–H and O–H groups in total. The number of aryl methyl sites for hydroxylation is 1. The molecule has 0 radical (unpaired) electrons. The molecular weight excluding hydrogens is 434 g/mol. The molecule has 0 atom stereocenters. The van der Waals surface area contributed by atoms with Crippen LogP contribution >= 0.6 is 23.4 Å². The average Bonchev–Trinajstić information content (AvgIpc) is 3.16. The lowest BCUT2D eigenvalue weighted by Gasteiger charge is -2.12. The van der Waals surface area contributed by atoms with Gasteiger partial charge < -0.3 is 5.32 Å². The van der Waals surface area contributed by atoms with E-state index in [0.29, 0.717) is 27.1 Å². The Balaban J connectivity index is 1.73. The summed E-state index contributed by atoms with van der Waals surface area (Å²) in [6.07, 6.45) is 0.184. The van der Waals surface area contributed by atoms with E-state index in [4.69, 9.17) is 11.6 Å². The first-order valence-corrected chi connectivity index (χ1v) is 11.3. The Morgan fingerprint density at radius 2 is 1.97 bits per heavy atom. The number of carbonyl (C=O) groups excluding carboxylic acids is 1. The smallest absolute Gasteiger partial charge is 0.262 e. The standard InChI is InChI=1S/C22H22ClN5O2S/c1-14(2)24-19(29)10-11-27-20(30)17-8-3-4-9-18(17)28-21(27)25-26-22(28)31-13-15-6-5-7-16(23)12-15/h3-9,12,14H,10-11,13H2,1-2H3,(H,24,29). The third kappa shape index (κ3) is 4.60. The number of fused-ring (bicyclic) bond motifs is 3. The Morgan fingerprint density at radius 1 is 1.16 bits per heavy atom. The predicted molar refractivity (Wildman–Crippen MR) is 124 cm³/mol. The van der Waals surface area contributed by atoms with Crippen LogP contribution in [-0.2, 0) is 17.1 Å². The molecule has 9 heteroatoms. The average molecular weight is 456 g/mol. The van der Waals surface area contributed by atoms with Crippen LogP contribution < -0.4 is 10.9 Å². The van der Waals surface area contributed by atoms with Crippen molar-refractivity contribution >= 4 is 46.0 Å². The zero-order valence-electron chi connectivity index (χ0n) is 17.2. The summed E-state index contributed by atoms with van der Waals surface area (Å²) in [5.41, 5.74) is 1.63. The van der Waals surface area contributed by atoms with E-state index in [-0.39, 0.29) is 30.5 Å². The van der Waals surface area contributed by atoms with Gasteiger partial charge in [-0.2, -0.15) is 0 Å². The fourth-order valence-corrected chi connectivity index (χ4v) is 4.51. The molecule has 0 aliphatic carbocycles. The number of thioether (sulfide) groups is 1. The number of para-hydroxylation sites is 1. The van der Waals surface area contributed by atoms with E-state index in [2.05, 4.69) is 15.5 Å². The van der Waals surface area contributed by atoms with E-state index in [1.54, 1.807) is 6.07 Å². The molecule has 0 unspecified atom stereocenters. The summed E-state index contributed by atoms with van der Waals surface area (Å²) in [6.45, 7) is 4.03. The Kier molecular flexibility index (Phi) is 6.29. The number of aromatic nitrogens is 4. The van der Waals surface area contributed by atoms with Crippen LogP contribution in [0.4, 0.5) is 0 Å². The summed E-state index contributed by atoms with van der Waals surface area (Å²) in [5, 5.41) is 13.4. The summed E-state index contributed by atoms with van der Waals surface area (Å²) in [5.74, 6) is 0.976. The fraction of sp³-hybridized carbons (Fsp3) is 0.273. The first kappa shape index (κ1) is 21.4. The Hall–Kier alpha value is -2.84. The molecule has 1 amide bonds. The number of hydrogen-bond acceptors (Lipinski definition) is 5. The van der Waals surface area contributed by atoms with Crippen molar-refractivity contribution in [1.29, 1.82) is 0 Å². The lowest BCUT2D eigenvalue weighted by atomic mass is 10.2. The van der Waals surface area contributed by atoms with Crippen molar-refractivity contribution in [2.45, 2.75) is 43.8 Å². The zero-order valence-corrected chi connectivity index (χ0v) is 18.8. The molecular formula is C22H22ClN5O2S. The SMILES string of the molecule is CC(C)NC(=O)CCn1c(=O)c2ccccc2n2c(SCc3cccc(Cl)c3)nnc12. The molecule has 0 spiro atoms. The van der Waals surface area contributed by atoms with Crippen LogP contribution in [0.1, 0.15) is 25.8 Å². The molecule has 160 valence electrons. The van der Waals surface area contributed by atoms with Gasteiger partial charge in [0.1, 0.15) is 0 Å². The van der Waals surface area contributed by atoms with Gasteiger partial charge in [0.25, 0.3) is 5.56 Å². The van der Waals surface area contributed by atoms with E-state index in [1.165, 1.54) is 16.3 Å². The van der Waals surface area contributed by atoms with Gasteiger partial charge in [0.2, 0.25) is 11.7 Å². The topological polar surface area (TPSA) is 81.3 Å². The first-order chi connectivity index (χ1) is 14.9. The highest BCUT2D eigenvalue weighted by Gasteiger charge is 2.17. The van der Waals surface area contributed by atoms with Crippen molar-refractivity contribution in [2.75, 3.05) is 0 Å². The molecule has 0 saturated heterocycles. The van der Waals surface area contributed by atoms with Crippen LogP contribution in [0.25, 0.3) is 16.7 Å². The Morgan fingerprint density at radius 3 is 2.74 bits per heavy atom. The molecule has 0 aliphatic heterocycles. The van der Waals surface area contributed by atoms with Gasteiger partial charge in [0.05, 0.1) is 10.9 Å². The molecule has 2 heterocycles. The van der Waals surface area contributed by atoms with Crippen molar-refractivity contribution < 1.29 is 4.79 Å². The minimum absolute atomic E-state index is 0.0448. The van der Waals surface area contributed by atoms with Crippen molar-refractivity contribution in [3.05, 3.63) is 69.5 Å². The monoisotopic (exact) mass is 455 g/mol. The van der Waals surface area contributed by atoms with Crippen molar-refractivity contribution in [2.24, 2.45) is 0 Å². The predicted octanol–water partition coefficient (Wildman–Crippen LogP) is 3.90. The third-order valence-corrected chi connectivity index (χ3v) is 5.98. The third-order valence-electron chi connectivity index (χ3n) is 4.75. The van der Waals surface area contributed by atoms with Gasteiger partial charge in [-0.1, -0.05) is 47.6 Å². The molecule has 0 bridgehead atoms. The number of amides is 1. The second-order valence-corrected chi connectivity index (χ2v) is 8.86. The number of hydrogen-bond donors (Lipinski definition) is 1. The van der Waals surface area contributed by atoms with Crippen LogP contribution in [0.5, 0.6) is 0 Å². The van der Waals surface area contributed by atoms with E-state index in [9.17, 15) is 9.59 Å². The number of halogens is 1. The largest absolute Gasteiger partial charge is 0.354 e. The van der Waals surface area contributed by atoms with Crippen molar-refractivity contribution in [3.8, 4) is 0 Å². The maximum absolute atomic E-state index is 13.1. The van der Waals surface area contributed by atoms with E-state index in [0.717, 1.165) is 11.1 Å². The molecule has 2 aromatic heterocycles. The summed E-state index contributed by atoms with van der Waals surface area (Å²) >= 11 is 7.61. The minimum atomic E-state index is -0.181. The fourth-order valence-electron chi connectivity index (χ4n) is 3.41. The second kappa shape index (κ2) is 9.11. The van der Waals surface area contributed by atoms with Crippen LogP contribution in [0.2, 0.25) is 5.02 Å². The summed E-state index contributed by atoms with van der Waals surface area (Å²) in [6, 6.07) is 15.1. The van der Waals surface area contributed by atoms with E-state index in [1.807, 2.05) is 60.7 Å². The first-order valence-electron chi connectivity index (χ1n) is 9.97. The zero-order chi connectivity index (χ0) is 22.0. The van der Waals surface area contributed by atoms with Crippen LogP contribution in [0.3, 0.4) is 0 Å². The summed E-state index contributed by atoms with van der Waals surface area (Å²) < 4.78 is 3.41. The van der Waals surface area contributed by atoms with Gasteiger partial charge in [-0.15, -0.1) is 10.2 Å². The second-order valence-electron chi connectivity index (χ2n) is 7.48. The van der Waals surface area contributed by atoms with Gasteiger partial charge >= 0.3 is 0 Å². The van der Waals surface area contributed by atoms with Gasteiger partial charge in [-0.05, 0) is 43.7 Å². The van der Waals surface area contributed by atoms with Crippen molar-refractivity contribution in [1.82, 2.24) is 24.5 Å². The highest BCUT2D eigenvalue weighted by Crippen LogP contribution is 2.25. The lowest BCUT2D eigenvalue weighted by molar-refractivity contribution is -0.121. The highest BCUT2D eigenvalue weighted by atomic mass is 35.5. The molecule has 0 fully saturated rings. The van der Waals surface area contributed by atoms with Gasteiger partial charge in [0.15, 0.2) is 5.16 Å². The van der Waals surface area contributed by atoms with Gasteiger partial charge in [-0.3, -0.25) is 18.6 Å². The molecule has 4 aromatic rings. The maximum Gasteiger partial charge on any atom is 0.262 e. The normalized spacial score (nSPS) is 11.5. The lowest BCUT2D eigenvalue weighted by Crippen LogP contribution is -2.32. The summed E-state index contributed by atoms with van der Waals surface area (Å²) in [4.78, 5) is 25.3. The number of benzene rings is 2. The molecule has 4 rings (SSSR count). The number of carbonyl (C=O) groups is 1. The number of rotatable bonds is 7. The number of nitrogens with one attached hydrogen (secondary N) is 1. The van der Waals surface area contributed by atoms with Crippen LogP contribution in [0, 0.1) is 0 Å².